The van der Waals surface area contributed by atoms with E-state index in [9.17, 15) is 19.8 Å². The number of carboxylic acid groups (broad SMARTS) is 2. The number of aromatic amines is 1. The van der Waals surface area contributed by atoms with E-state index < -0.39 is 20.0 Å². The highest BCUT2D eigenvalue weighted by Crippen LogP contribution is 2.57. The first-order valence-corrected chi connectivity index (χ1v) is 20.8. The third-order valence-corrected chi connectivity index (χ3v) is 12.6. The van der Waals surface area contributed by atoms with Crippen LogP contribution >= 0.6 is 0 Å². The van der Waals surface area contributed by atoms with Crippen molar-refractivity contribution in [1.82, 2.24) is 29.5 Å². The van der Waals surface area contributed by atoms with Gasteiger partial charge in [-0.25, -0.2) is 19.9 Å². The van der Waals surface area contributed by atoms with Gasteiger partial charge in [0.25, 0.3) is 0 Å². The molecule has 8 rings (SSSR count). The molecule has 0 aromatic carbocycles. The largest absolute Gasteiger partial charge is 0.481 e. The van der Waals surface area contributed by atoms with Crippen LogP contribution < -0.4 is 9.80 Å². The smallest absolute Gasteiger partial charge is 0.307 e. The van der Waals surface area contributed by atoms with Crippen molar-refractivity contribution >= 4 is 53.7 Å². The van der Waals surface area contributed by atoms with E-state index in [0.717, 1.165) is 98.2 Å². The van der Waals surface area contributed by atoms with Crippen LogP contribution in [0.5, 0.6) is 0 Å². The Morgan fingerprint density at radius 2 is 1.46 bits per heavy atom. The normalized spacial score (nSPS) is 22.6. The maximum Gasteiger partial charge on any atom is 0.307 e. The van der Waals surface area contributed by atoms with Crippen molar-refractivity contribution in [2.24, 2.45) is 22.7 Å². The van der Waals surface area contributed by atoms with Gasteiger partial charge < -0.3 is 34.3 Å². The Kier molecular flexibility index (Phi) is 8.43. The maximum atomic E-state index is 11.6. The van der Waals surface area contributed by atoms with Crippen molar-refractivity contribution in [3.63, 3.8) is 0 Å². The summed E-state index contributed by atoms with van der Waals surface area (Å²) < 4.78 is 7.92. The molecule has 13 nitrogen and oxygen atoms in total. The number of nitrogens with one attached hydrogen (secondary N) is 1. The van der Waals surface area contributed by atoms with Gasteiger partial charge in [-0.1, -0.05) is 19.6 Å². The van der Waals surface area contributed by atoms with E-state index in [0.29, 0.717) is 19.6 Å². The number of hydrogen-bond acceptors (Lipinski definition) is 9. The van der Waals surface area contributed by atoms with E-state index >= 15 is 0 Å². The second kappa shape index (κ2) is 12.4. The van der Waals surface area contributed by atoms with Gasteiger partial charge in [-0.3, -0.25) is 9.59 Å². The fraction of sp³-hybridized carbons (Fsp3) is 0.588. The highest BCUT2D eigenvalue weighted by atomic mass is 28.3. The molecule has 4 aromatic heterocycles. The van der Waals surface area contributed by atoms with Gasteiger partial charge >= 0.3 is 11.9 Å². The number of carboxylic acids is 2. The zero-order valence-corrected chi connectivity index (χ0v) is 29.1. The van der Waals surface area contributed by atoms with Gasteiger partial charge in [-0.2, -0.15) is 0 Å². The predicted octanol–water partition coefficient (Wildman–Crippen LogP) is 5.08. The van der Waals surface area contributed by atoms with Crippen molar-refractivity contribution in [2.45, 2.75) is 70.9 Å². The van der Waals surface area contributed by atoms with Gasteiger partial charge in [-0.15, -0.1) is 0 Å². The number of carbonyl (C=O) groups is 2. The monoisotopic (exact) mass is 674 g/mol. The lowest BCUT2D eigenvalue weighted by molar-refractivity contribution is -0.146. The molecule has 2 saturated heterocycles. The summed E-state index contributed by atoms with van der Waals surface area (Å²) in [4.78, 5) is 48.2. The topological polar surface area (TPSA) is 163 Å². The number of nitrogens with zero attached hydrogens (tertiary/aromatic N) is 7. The summed E-state index contributed by atoms with van der Waals surface area (Å²) in [6, 6.07) is 5.18. The molecule has 4 aliphatic rings. The maximum absolute atomic E-state index is 11.6. The molecule has 2 spiro atoms. The predicted molar refractivity (Wildman–Crippen MR) is 185 cm³/mol. The standard InChI is InChI=1S/C20H30N4O3Si.C14H16N4O2/c1-28(2,3)11-10-27-14-24-8-4-15-17(21-13-22-18(15)24)23-9-5-16(19(25)26)20(12-23)6-7-20;19-13(20)10-2-6-18(7-14(10)3-4-14)12-9-1-5-15-11(9)16-8-17-12/h4,8,13,16H,5-7,9-12,14H2,1-3H3,(H,25,26);1,5,8,10H,2-4,6-7H2,(H,19,20)(H,15,16,17). The van der Waals surface area contributed by atoms with Crippen molar-refractivity contribution in [3.05, 3.63) is 37.2 Å². The number of anilines is 2. The molecule has 2 unspecified atom stereocenters. The number of fused-ring (bicyclic) bond motifs is 2. The summed E-state index contributed by atoms with van der Waals surface area (Å²) in [6.07, 6.45) is 12.5. The van der Waals surface area contributed by atoms with E-state index in [1.807, 2.05) is 23.0 Å². The van der Waals surface area contributed by atoms with E-state index in [2.05, 4.69) is 60.4 Å². The zero-order valence-electron chi connectivity index (χ0n) is 28.1. The molecule has 2 aliphatic carbocycles. The molecule has 2 atom stereocenters. The molecule has 0 radical (unpaired) electrons. The average Bonchev–Trinajstić information content (AvgIpc) is 3.87. The zero-order chi connectivity index (χ0) is 33.7. The Labute approximate surface area is 280 Å². The molecule has 14 heteroatoms. The van der Waals surface area contributed by atoms with E-state index in [-0.39, 0.29) is 22.7 Å². The number of ether oxygens (including phenoxy) is 1. The van der Waals surface area contributed by atoms with Crippen molar-refractivity contribution < 1.29 is 24.5 Å². The van der Waals surface area contributed by atoms with Gasteiger partial charge in [0.1, 0.15) is 42.3 Å². The van der Waals surface area contributed by atoms with Crippen molar-refractivity contribution in [1.29, 1.82) is 0 Å². The first kappa shape index (κ1) is 32.5. The Balaban J connectivity index is 0.000000160. The van der Waals surface area contributed by atoms with Crippen LogP contribution in [-0.4, -0.2) is 92.5 Å². The SMILES string of the molecule is C[Si](C)(C)CCOCn1ccc2c(N3CCC(C(=O)O)C4(CC4)C3)ncnc21.O=C(O)C1CCN(c2ncnc3[nH]ccc23)CC12CC2. The molecule has 0 bridgehead atoms. The molecule has 48 heavy (non-hydrogen) atoms. The van der Waals surface area contributed by atoms with Gasteiger partial charge in [0.05, 0.1) is 22.6 Å². The highest BCUT2D eigenvalue weighted by Gasteiger charge is 2.56. The van der Waals surface area contributed by atoms with Crippen LogP contribution in [0.1, 0.15) is 38.5 Å². The molecule has 4 aromatic rings. The molecule has 6 heterocycles. The van der Waals surface area contributed by atoms with Gasteiger partial charge in [0, 0.05) is 64.1 Å². The minimum Gasteiger partial charge on any atom is -0.481 e. The Morgan fingerprint density at radius 3 is 2.02 bits per heavy atom. The fourth-order valence-electron chi connectivity index (χ4n) is 7.79. The van der Waals surface area contributed by atoms with Crippen molar-refractivity contribution in [3.8, 4) is 0 Å². The van der Waals surface area contributed by atoms with Crippen LogP contribution in [0.2, 0.25) is 25.7 Å². The van der Waals surface area contributed by atoms with E-state index in [1.54, 1.807) is 12.7 Å². The van der Waals surface area contributed by atoms with E-state index in [1.165, 1.54) is 0 Å². The average molecular weight is 675 g/mol. The Bertz CT molecular complexity index is 1810. The second-order valence-corrected chi connectivity index (χ2v) is 21.1. The summed E-state index contributed by atoms with van der Waals surface area (Å²) in [5.74, 6) is 0.142. The summed E-state index contributed by atoms with van der Waals surface area (Å²) in [5, 5.41) is 20.9. The fourth-order valence-corrected chi connectivity index (χ4v) is 8.54. The summed E-state index contributed by atoms with van der Waals surface area (Å²) in [5.41, 5.74) is 1.62. The summed E-state index contributed by atoms with van der Waals surface area (Å²) >= 11 is 0. The van der Waals surface area contributed by atoms with Gasteiger partial charge in [0.15, 0.2) is 0 Å². The molecular formula is C34H46N8O5Si. The quantitative estimate of drug-likeness (QED) is 0.160. The third kappa shape index (κ3) is 6.39. The van der Waals surface area contributed by atoms with Gasteiger partial charge in [-0.05, 0) is 56.7 Å². The highest BCUT2D eigenvalue weighted by molar-refractivity contribution is 6.76. The minimum absolute atomic E-state index is 0.0301. The second-order valence-electron chi connectivity index (χ2n) is 15.4. The number of aromatic nitrogens is 6. The van der Waals surface area contributed by atoms with Gasteiger partial charge in [0.2, 0.25) is 0 Å². The number of aliphatic carboxylic acids is 2. The number of hydrogen-bond donors (Lipinski definition) is 3. The lowest BCUT2D eigenvalue weighted by Crippen LogP contribution is -2.45. The van der Waals surface area contributed by atoms with Crippen LogP contribution in [0.4, 0.5) is 11.6 Å². The van der Waals surface area contributed by atoms with E-state index in [4.69, 9.17) is 4.74 Å². The number of H-pyrrole nitrogens is 1. The van der Waals surface area contributed by atoms with Crippen LogP contribution in [0.25, 0.3) is 22.1 Å². The molecule has 4 fully saturated rings. The molecule has 256 valence electrons. The lowest BCUT2D eigenvalue weighted by atomic mass is 9.82. The first-order valence-electron chi connectivity index (χ1n) is 17.1. The van der Waals surface area contributed by atoms with Crippen LogP contribution in [0, 0.1) is 22.7 Å². The Morgan fingerprint density at radius 1 is 0.875 bits per heavy atom. The molecular weight excluding hydrogens is 629 g/mol. The number of rotatable bonds is 9. The first-order chi connectivity index (χ1) is 23.0. The number of piperidine rings is 2. The van der Waals surface area contributed by atoms with Crippen LogP contribution in [-0.2, 0) is 21.1 Å². The summed E-state index contributed by atoms with van der Waals surface area (Å²) in [7, 11) is -1.09. The van der Waals surface area contributed by atoms with Crippen LogP contribution in [0.15, 0.2) is 37.2 Å². The lowest BCUT2D eigenvalue weighted by Gasteiger charge is -2.38. The Hall–Kier alpha value is -4.04. The molecule has 2 aliphatic heterocycles. The van der Waals surface area contributed by atoms with Crippen molar-refractivity contribution in [2.75, 3.05) is 42.6 Å². The third-order valence-electron chi connectivity index (χ3n) is 10.9. The molecule has 3 N–H and O–H groups in total. The van der Waals surface area contributed by atoms with Crippen LogP contribution in [0.3, 0.4) is 0 Å². The molecule has 2 saturated carbocycles. The molecule has 0 amide bonds. The summed E-state index contributed by atoms with van der Waals surface area (Å²) in [6.45, 7) is 11.4. The minimum atomic E-state index is -1.09.